The highest BCUT2D eigenvalue weighted by Crippen LogP contribution is 2.23. The maximum absolute atomic E-state index is 11.3. The Morgan fingerprint density at radius 3 is 2.29 bits per heavy atom. The highest BCUT2D eigenvalue weighted by Gasteiger charge is 2.12. The second kappa shape index (κ2) is 15.6. The number of hydrogen-bond acceptors (Lipinski definition) is 7. The van der Waals surface area contributed by atoms with Gasteiger partial charge in [-0.15, -0.1) is 0 Å². The lowest BCUT2D eigenvalue weighted by atomic mass is 10.0. The summed E-state index contributed by atoms with van der Waals surface area (Å²) in [4.78, 5) is 21.6. The lowest BCUT2D eigenvalue weighted by molar-refractivity contribution is -0.140. The average Bonchev–Trinajstić information content (AvgIpc) is 3.38. The molecule has 3 aromatic carbocycles. The minimum atomic E-state index is -0.163. The van der Waals surface area contributed by atoms with Crippen molar-refractivity contribution in [3.8, 4) is 17.2 Å². The average molecular weight is 575 g/mol. The van der Waals surface area contributed by atoms with E-state index in [4.69, 9.17) is 30.3 Å². The zero-order valence-corrected chi connectivity index (χ0v) is 24.2. The van der Waals surface area contributed by atoms with E-state index in [9.17, 15) is 4.79 Å². The van der Waals surface area contributed by atoms with E-state index in [1.807, 2.05) is 85.8 Å². The van der Waals surface area contributed by atoms with Gasteiger partial charge in [-0.2, -0.15) is 0 Å². The van der Waals surface area contributed by atoms with Gasteiger partial charge in [-0.25, -0.2) is 4.98 Å². The quantitative estimate of drug-likeness (QED) is 0.0614. The van der Waals surface area contributed by atoms with Crippen molar-refractivity contribution in [3.63, 3.8) is 0 Å². The van der Waals surface area contributed by atoms with E-state index in [1.54, 1.807) is 0 Å². The molecule has 1 aromatic heterocycles. The molecule has 0 saturated carbocycles. The molecule has 214 valence electrons. The standard InChI is InChI=1S/C33H35ClN2O5/c1-24-31(35-33(41-24)27-10-6-5-7-11-27)23-39-29-20-14-25(15-21-29)22-40-36-30(26-16-18-28(34)19-17-26)12-8-3-4-9-13-32(37)38-2/h5-7,10-11,14-21H,3-4,8-9,12-13,22-23H2,1-2H3. The summed E-state index contributed by atoms with van der Waals surface area (Å²) in [5.74, 6) is 1.90. The molecule has 0 N–H and O–H groups in total. The van der Waals surface area contributed by atoms with Crippen LogP contribution in [0.15, 0.2) is 88.4 Å². The molecule has 0 amide bonds. The molecule has 41 heavy (non-hydrogen) atoms. The van der Waals surface area contributed by atoms with Crippen LogP contribution in [0.3, 0.4) is 0 Å². The molecule has 0 aliphatic heterocycles. The molecule has 0 fully saturated rings. The van der Waals surface area contributed by atoms with E-state index < -0.39 is 0 Å². The van der Waals surface area contributed by atoms with E-state index in [2.05, 4.69) is 10.1 Å². The van der Waals surface area contributed by atoms with Gasteiger partial charge in [0.1, 0.15) is 30.4 Å². The molecule has 4 rings (SSSR count). The number of carbonyl (C=O) groups is 1. The Kier molecular flexibility index (Phi) is 11.4. The fraction of sp³-hybridized carbons (Fsp3) is 0.303. The van der Waals surface area contributed by atoms with Gasteiger partial charge in [-0.1, -0.05) is 72.1 Å². The lowest BCUT2D eigenvalue weighted by Crippen LogP contribution is -2.03. The number of unbranched alkanes of at least 4 members (excludes halogenated alkanes) is 3. The van der Waals surface area contributed by atoms with Crippen LogP contribution in [0.5, 0.6) is 5.75 Å². The van der Waals surface area contributed by atoms with Crippen LogP contribution in [0.4, 0.5) is 0 Å². The third kappa shape index (κ3) is 9.50. The Bertz CT molecular complexity index is 1400. The number of carbonyl (C=O) groups excluding carboxylic acids is 1. The van der Waals surface area contributed by atoms with E-state index in [1.165, 1.54) is 7.11 Å². The number of rotatable bonds is 15. The predicted molar refractivity (Wildman–Crippen MR) is 160 cm³/mol. The maximum atomic E-state index is 11.3. The fourth-order valence-corrected chi connectivity index (χ4v) is 4.31. The Labute approximate surface area is 246 Å². The summed E-state index contributed by atoms with van der Waals surface area (Å²) in [6.45, 7) is 2.54. The SMILES string of the molecule is COC(=O)CCCCCCC(=NOCc1ccc(OCc2nc(-c3ccccc3)oc2C)cc1)c1ccc(Cl)cc1. The molecule has 0 radical (unpaired) electrons. The van der Waals surface area contributed by atoms with Crippen LogP contribution in [0.25, 0.3) is 11.5 Å². The van der Waals surface area contributed by atoms with Crippen molar-refractivity contribution in [2.45, 2.75) is 58.7 Å². The van der Waals surface area contributed by atoms with Gasteiger partial charge < -0.3 is 18.7 Å². The molecule has 0 aliphatic rings. The number of halogens is 1. The highest BCUT2D eigenvalue weighted by molar-refractivity contribution is 6.30. The van der Waals surface area contributed by atoms with E-state index >= 15 is 0 Å². The summed E-state index contributed by atoms with van der Waals surface area (Å²) < 4.78 is 16.5. The molecule has 0 atom stereocenters. The molecule has 4 aromatic rings. The first kappa shape index (κ1) is 29.9. The van der Waals surface area contributed by atoms with Gasteiger partial charge in [-0.3, -0.25) is 4.79 Å². The zero-order valence-electron chi connectivity index (χ0n) is 23.5. The van der Waals surface area contributed by atoms with Gasteiger partial charge in [0, 0.05) is 17.0 Å². The van der Waals surface area contributed by atoms with Crippen LogP contribution in [-0.2, 0) is 27.6 Å². The van der Waals surface area contributed by atoms with E-state index in [-0.39, 0.29) is 5.97 Å². The van der Waals surface area contributed by atoms with Crippen LogP contribution >= 0.6 is 11.6 Å². The molecular weight excluding hydrogens is 540 g/mol. The third-order valence-corrected chi connectivity index (χ3v) is 6.82. The summed E-state index contributed by atoms with van der Waals surface area (Å²) in [6, 6.07) is 25.1. The third-order valence-electron chi connectivity index (χ3n) is 6.57. The van der Waals surface area contributed by atoms with Gasteiger partial charge >= 0.3 is 5.97 Å². The number of oxazole rings is 1. The van der Waals surface area contributed by atoms with Crippen molar-refractivity contribution < 1.29 is 23.5 Å². The maximum Gasteiger partial charge on any atom is 0.305 e. The van der Waals surface area contributed by atoms with Crippen molar-refractivity contribution in [3.05, 3.63) is 106 Å². The summed E-state index contributed by atoms with van der Waals surface area (Å²) in [7, 11) is 1.42. The Balaban J connectivity index is 1.28. The molecular formula is C33H35ClN2O5. The Morgan fingerprint density at radius 2 is 1.59 bits per heavy atom. The molecule has 0 spiro atoms. The zero-order chi connectivity index (χ0) is 28.9. The monoisotopic (exact) mass is 574 g/mol. The molecule has 0 unspecified atom stereocenters. The number of aromatic nitrogens is 1. The summed E-state index contributed by atoms with van der Waals surface area (Å²) in [5, 5.41) is 5.14. The van der Waals surface area contributed by atoms with E-state index in [0.29, 0.717) is 30.5 Å². The van der Waals surface area contributed by atoms with Crippen LogP contribution in [0, 0.1) is 6.92 Å². The van der Waals surface area contributed by atoms with Crippen LogP contribution in [-0.4, -0.2) is 23.8 Å². The number of methoxy groups -OCH3 is 1. The predicted octanol–water partition coefficient (Wildman–Crippen LogP) is 8.32. The summed E-state index contributed by atoms with van der Waals surface area (Å²) >= 11 is 6.08. The fourth-order valence-electron chi connectivity index (χ4n) is 4.19. The molecule has 7 nitrogen and oxygen atoms in total. The summed E-state index contributed by atoms with van der Waals surface area (Å²) in [5.41, 5.74) is 4.52. The number of nitrogens with zero attached hydrogens (tertiary/aromatic N) is 2. The lowest BCUT2D eigenvalue weighted by Gasteiger charge is -2.09. The molecule has 1 heterocycles. The smallest absolute Gasteiger partial charge is 0.305 e. The van der Waals surface area contributed by atoms with Crippen molar-refractivity contribution in [1.82, 2.24) is 4.98 Å². The van der Waals surface area contributed by atoms with Crippen molar-refractivity contribution in [2.24, 2.45) is 5.16 Å². The topological polar surface area (TPSA) is 83.2 Å². The van der Waals surface area contributed by atoms with Crippen molar-refractivity contribution >= 4 is 23.3 Å². The first-order chi connectivity index (χ1) is 20.0. The van der Waals surface area contributed by atoms with Gasteiger partial charge in [-0.05, 0) is 73.7 Å². The van der Waals surface area contributed by atoms with Gasteiger partial charge in [0.25, 0.3) is 0 Å². The summed E-state index contributed by atoms with van der Waals surface area (Å²) in [6.07, 6.45) is 4.94. The second-order valence-electron chi connectivity index (χ2n) is 9.63. The van der Waals surface area contributed by atoms with Crippen LogP contribution < -0.4 is 4.74 Å². The highest BCUT2D eigenvalue weighted by atomic mass is 35.5. The largest absolute Gasteiger partial charge is 0.487 e. The first-order valence-electron chi connectivity index (χ1n) is 13.8. The van der Waals surface area contributed by atoms with Crippen molar-refractivity contribution in [1.29, 1.82) is 0 Å². The normalized spacial score (nSPS) is 11.3. The number of hydrogen-bond donors (Lipinski definition) is 0. The van der Waals surface area contributed by atoms with Gasteiger partial charge in [0.2, 0.25) is 5.89 Å². The Hall–Kier alpha value is -4.10. The number of oxime groups is 1. The van der Waals surface area contributed by atoms with Crippen LogP contribution in [0.1, 0.15) is 61.1 Å². The number of benzene rings is 3. The minimum Gasteiger partial charge on any atom is -0.487 e. The van der Waals surface area contributed by atoms with Crippen LogP contribution in [0.2, 0.25) is 5.02 Å². The van der Waals surface area contributed by atoms with Crippen molar-refractivity contribution in [2.75, 3.05) is 7.11 Å². The number of ether oxygens (including phenoxy) is 2. The molecule has 8 heteroatoms. The number of esters is 1. The molecule has 0 aliphatic carbocycles. The van der Waals surface area contributed by atoms with Gasteiger partial charge in [0.15, 0.2) is 0 Å². The molecule has 0 saturated heterocycles. The second-order valence-corrected chi connectivity index (χ2v) is 10.1. The van der Waals surface area contributed by atoms with E-state index in [0.717, 1.165) is 71.7 Å². The number of aryl methyl sites for hydroxylation is 1. The Morgan fingerprint density at radius 1 is 0.878 bits per heavy atom. The first-order valence-corrected chi connectivity index (χ1v) is 14.1. The molecule has 0 bridgehead atoms. The minimum absolute atomic E-state index is 0.163. The van der Waals surface area contributed by atoms with Gasteiger partial charge in [0.05, 0.1) is 12.8 Å².